The topological polar surface area (TPSA) is 3.24 Å². The van der Waals surface area contributed by atoms with E-state index >= 15 is 0 Å². The van der Waals surface area contributed by atoms with Gasteiger partial charge in [-0.3, -0.25) is 0 Å². The van der Waals surface area contributed by atoms with E-state index in [1.54, 1.807) is 6.07 Å². The molecular formula is C15H14BrClFN. The Kier molecular flexibility index (Phi) is 4.83. The molecule has 0 radical (unpaired) electrons. The van der Waals surface area contributed by atoms with Gasteiger partial charge in [0.1, 0.15) is 5.82 Å². The summed E-state index contributed by atoms with van der Waals surface area (Å²) in [5.74, 6) is -0.238. The smallest absolute Gasteiger partial charge is 0.125 e. The summed E-state index contributed by atoms with van der Waals surface area (Å²) < 4.78 is 13.4. The second-order valence-electron chi connectivity index (χ2n) is 4.10. The Morgan fingerprint density at radius 1 is 1.21 bits per heavy atom. The lowest BCUT2D eigenvalue weighted by atomic mass is 10.1. The molecule has 100 valence electrons. The molecule has 0 atom stereocenters. The van der Waals surface area contributed by atoms with Gasteiger partial charge >= 0.3 is 0 Å². The van der Waals surface area contributed by atoms with Gasteiger partial charge in [0, 0.05) is 33.8 Å². The number of rotatable bonds is 4. The Balaban J connectivity index is 2.51. The summed E-state index contributed by atoms with van der Waals surface area (Å²) in [6.45, 7) is 2.77. The van der Waals surface area contributed by atoms with Crippen LogP contribution in [0.25, 0.3) is 0 Å². The van der Waals surface area contributed by atoms with E-state index in [0.29, 0.717) is 10.4 Å². The molecule has 1 nitrogen and oxygen atoms in total. The quantitative estimate of drug-likeness (QED) is 0.660. The van der Waals surface area contributed by atoms with Crippen LogP contribution in [0.15, 0.2) is 42.5 Å². The minimum atomic E-state index is -0.238. The van der Waals surface area contributed by atoms with Crippen LogP contribution in [0.5, 0.6) is 0 Å². The molecule has 0 fully saturated rings. The zero-order valence-corrected chi connectivity index (χ0v) is 12.9. The summed E-state index contributed by atoms with van der Waals surface area (Å²) in [6, 6.07) is 12.4. The van der Waals surface area contributed by atoms with Crippen LogP contribution >= 0.6 is 27.5 Å². The lowest BCUT2D eigenvalue weighted by Crippen LogP contribution is -2.17. The normalized spacial score (nSPS) is 10.5. The van der Waals surface area contributed by atoms with Crippen LogP contribution in [0.3, 0.4) is 0 Å². The highest BCUT2D eigenvalue weighted by molar-refractivity contribution is 9.08. The van der Waals surface area contributed by atoms with Gasteiger partial charge in [0.2, 0.25) is 0 Å². The fourth-order valence-electron chi connectivity index (χ4n) is 2.07. The molecule has 4 heteroatoms. The lowest BCUT2D eigenvalue weighted by Gasteiger charge is -2.26. The molecule has 0 saturated carbocycles. The van der Waals surface area contributed by atoms with Gasteiger partial charge in [0.25, 0.3) is 0 Å². The Morgan fingerprint density at radius 3 is 2.58 bits per heavy atom. The van der Waals surface area contributed by atoms with Crippen molar-refractivity contribution in [2.24, 2.45) is 0 Å². The summed E-state index contributed by atoms with van der Waals surface area (Å²) in [7, 11) is 0. The lowest BCUT2D eigenvalue weighted by molar-refractivity contribution is 0.627. The van der Waals surface area contributed by atoms with Gasteiger partial charge in [-0.1, -0.05) is 39.7 Å². The maximum absolute atomic E-state index is 13.4. The van der Waals surface area contributed by atoms with Crippen LogP contribution in [-0.2, 0) is 5.33 Å². The van der Waals surface area contributed by atoms with Gasteiger partial charge in [-0.05, 0) is 37.3 Å². The highest BCUT2D eigenvalue weighted by Crippen LogP contribution is 2.34. The fourth-order valence-corrected chi connectivity index (χ4v) is 3.06. The number of benzene rings is 2. The van der Waals surface area contributed by atoms with Gasteiger partial charge < -0.3 is 4.90 Å². The molecule has 2 aromatic rings. The van der Waals surface area contributed by atoms with E-state index in [4.69, 9.17) is 11.6 Å². The van der Waals surface area contributed by atoms with Crippen molar-refractivity contribution in [3.8, 4) is 0 Å². The van der Waals surface area contributed by atoms with Gasteiger partial charge in [-0.2, -0.15) is 0 Å². The monoisotopic (exact) mass is 341 g/mol. The van der Waals surface area contributed by atoms with Crippen LogP contribution < -0.4 is 4.90 Å². The third-order valence-corrected chi connectivity index (χ3v) is 3.87. The van der Waals surface area contributed by atoms with Crippen LogP contribution in [0.4, 0.5) is 15.8 Å². The molecule has 0 N–H and O–H groups in total. The second kappa shape index (κ2) is 6.40. The summed E-state index contributed by atoms with van der Waals surface area (Å²) in [4.78, 5) is 2.05. The van der Waals surface area contributed by atoms with Gasteiger partial charge in [0.05, 0.1) is 0 Å². The Bertz CT molecular complexity index is 574. The molecule has 0 aromatic heterocycles. The predicted molar refractivity (Wildman–Crippen MR) is 83.2 cm³/mol. The van der Waals surface area contributed by atoms with Crippen molar-refractivity contribution in [1.29, 1.82) is 0 Å². The van der Waals surface area contributed by atoms with E-state index in [-0.39, 0.29) is 5.82 Å². The van der Waals surface area contributed by atoms with Crippen LogP contribution in [-0.4, -0.2) is 6.54 Å². The molecule has 0 heterocycles. The molecule has 2 aromatic carbocycles. The largest absolute Gasteiger partial charge is 0.341 e. The summed E-state index contributed by atoms with van der Waals surface area (Å²) >= 11 is 9.68. The average Bonchev–Trinajstić information content (AvgIpc) is 2.40. The van der Waals surface area contributed by atoms with Crippen molar-refractivity contribution >= 4 is 38.9 Å². The van der Waals surface area contributed by atoms with Gasteiger partial charge in [-0.25, -0.2) is 4.39 Å². The molecule has 0 aliphatic rings. The standard InChI is InChI=1S/C15H14BrClFN/c1-2-19(12-6-3-5-11(18)9-12)15-8-4-7-14(17)13(15)10-16/h3-9H,2,10H2,1H3. The molecule has 0 bridgehead atoms. The molecular weight excluding hydrogens is 329 g/mol. The summed E-state index contributed by atoms with van der Waals surface area (Å²) in [5.41, 5.74) is 2.83. The molecule has 0 saturated heterocycles. The summed E-state index contributed by atoms with van der Waals surface area (Å²) in [6.07, 6.45) is 0. The number of hydrogen-bond acceptors (Lipinski definition) is 1. The minimum Gasteiger partial charge on any atom is -0.341 e. The van der Waals surface area contributed by atoms with Gasteiger partial charge in [0.15, 0.2) is 0 Å². The van der Waals surface area contributed by atoms with E-state index in [1.165, 1.54) is 12.1 Å². The van der Waals surface area contributed by atoms with Crippen molar-refractivity contribution in [3.05, 3.63) is 58.9 Å². The van der Waals surface area contributed by atoms with Crippen LogP contribution in [0.1, 0.15) is 12.5 Å². The molecule has 0 unspecified atom stereocenters. The van der Waals surface area contributed by atoms with E-state index in [0.717, 1.165) is 23.5 Å². The number of alkyl halides is 1. The van der Waals surface area contributed by atoms with Crippen molar-refractivity contribution in [3.63, 3.8) is 0 Å². The third-order valence-electron chi connectivity index (χ3n) is 2.95. The predicted octanol–water partition coefficient (Wildman–Crippen LogP) is 5.53. The van der Waals surface area contributed by atoms with Crippen molar-refractivity contribution in [2.45, 2.75) is 12.3 Å². The highest BCUT2D eigenvalue weighted by Gasteiger charge is 2.13. The van der Waals surface area contributed by atoms with Crippen molar-refractivity contribution in [1.82, 2.24) is 0 Å². The number of anilines is 2. The molecule has 0 aliphatic carbocycles. The van der Waals surface area contributed by atoms with E-state index < -0.39 is 0 Å². The third kappa shape index (κ3) is 3.10. The molecule has 2 rings (SSSR count). The first-order valence-corrected chi connectivity index (χ1v) is 7.53. The van der Waals surface area contributed by atoms with Gasteiger partial charge in [-0.15, -0.1) is 0 Å². The average molecular weight is 343 g/mol. The molecule has 0 amide bonds. The van der Waals surface area contributed by atoms with Crippen LogP contribution in [0, 0.1) is 5.82 Å². The fraction of sp³-hybridized carbons (Fsp3) is 0.200. The van der Waals surface area contributed by atoms with Crippen LogP contribution in [0.2, 0.25) is 5.02 Å². The van der Waals surface area contributed by atoms with Crippen molar-refractivity contribution in [2.75, 3.05) is 11.4 Å². The maximum atomic E-state index is 13.4. The zero-order chi connectivity index (χ0) is 13.8. The molecule has 0 aliphatic heterocycles. The molecule has 19 heavy (non-hydrogen) atoms. The van der Waals surface area contributed by atoms with Crippen molar-refractivity contribution < 1.29 is 4.39 Å². The Morgan fingerprint density at radius 2 is 1.95 bits per heavy atom. The second-order valence-corrected chi connectivity index (χ2v) is 5.06. The Hall–Kier alpha value is -1.06. The first-order chi connectivity index (χ1) is 9.17. The number of hydrogen-bond donors (Lipinski definition) is 0. The first-order valence-electron chi connectivity index (χ1n) is 6.03. The van der Waals surface area contributed by atoms with E-state index in [2.05, 4.69) is 15.9 Å². The highest BCUT2D eigenvalue weighted by atomic mass is 79.9. The minimum absolute atomic E-state index is 0.238. The SMILES string of the molecule is CCN(c1cccc(F)c1)c1cccc(Cl)c1CBr. The number of nitrogens with zero attached hydrogens (tertiary/aromatic N) is 1. The first kappa shape index (κ1) is 14.4. The number of halogens is 3. The van der Waals surface area contributed by atoms with E-state index in [9.17, 15) is 4.39 Å². The molecule has 0 spiro atoms. The Labute approximate surface area is 126 Å². The maximum Gasteiger partial charge on any atom is 0.125 e. The van der Waals surface area contributed by atoms with E-state index in [1.807, 2.05) is 36.1 Å². The summed E-state index contributed by atoms with van der Waals surface area (Å²) in [5, 5.41) is 1.37. The zero-order valence-electron chi connectivity index (χ0n) is 10.5.